The lowest BCUT2D eigenvalue weighted by Gasteiger charge is -2.24. The van der Waals surface area contributed by atoms with E-state index in [0.29, 0.717) is 0 Å². The Morgan fingerprint density at radius 2 is 1.42 bits per heavy atom. The second-order valence-electron chi connectivity index (χ2n) is 5.66. The van der Waals surface area contributed by atoms with Crippen molar-refractivity contribution < 1.29 is 0 Å². The number of hydrogen-bond acceptors (Lipinski definition) is 4. The van der Waals surface area contributed by atoms with Crippen molar-refractivity contribution in [2.75, 3.05) is 4.90 Å². The molecule has 0 atom stereocenters. The Balaban J connectivity index is 1.73. The topological polar surface area (TPSA) is 57.7 Å². The molecule has 0 fully saturated rings. The molecule has 0 saturated heterocycles. The Hall–Kier alpha value is -3.21. The number of H-pyrrole nitrogens is 1. The molecule has 4 aromatic rings. The number of aromatic nitrogens is 4. The molecule has 0 bridgehead atoms. The normalized spacial score (nSPS) is 10.8. The number of nitrogens with one attached hydrogen (secondary N) is 1. The number of anilines is 1. The average molecular weight is 315 g/mol. The van der Waals surface area contributed by atoms with Crippen LogP contribution in [0.25, 0.3) is 11.0 Å². The molecule has 1 N–H and O–H groups in total. The fourth-order valence-electron chi connectivity index (χ4n) is 2.82. The smallest absolute Gasteiger partial charge is 0.160 e. The summed E-state index contributed by atoms with van der Waals surface area (Å²) in [7, 11) is 0. The minimum Gasteiger partial charge on any atom is -0.347 e. The maximum absolute atomic E-state index is 4.53. The van der Waals surface area contributed by atoms with Crippen molar-refractivity contribution in [3.8, 4) is 0 Å². The lowest BCUT2D eigenvalue weighted by atomic mass is 10.1. The van der Waals surface area contributed by atoms with E-state index >= 15 is 0 Å². The minimum atomic E-state index is 0.756. The summed E-state index contributed by atoms with van der Waals surface area (Å²) in [6.45, 7) is 1.54. The Bertz CT molecular complexity index is 877. The van der Waals surface area contributed by atoms with Gasteiger partial charge in [0.2, 0.25) is 0 Å². The van der Waals surface area contributed by atoms with E-state index in [1.807, 2.05) is 12.1 Å². The first-order valence-electron chi connectivity index (χ1n) is 7.87. The van der Waals surface area contributed by atoms with Crippen molar-refractivity contribution in [3.63, 3.8) is 0 Å². The number of aromatic amines is 1. The summed E-state index contributed by atoms with van der Waals surface area (Å²) >= 11 is 0. The minimum absolute atomic E-state index is 0.756. The van der Waals surface area contributed by atoms with E-state index in [4.69, 9.17) is 0 Å². The van der Waals surface area contributed by atoms with Crippen molar-refractivity contribution in [2.45, 2.75) is 13.1 Å². The first kappa shape index (κ1) is 14.4. The summed E-state index contributed by atoms with van der Waals surface area (Å²) in [5, 5.41) is 7.95. The number of hydrogen-bond donors (Lipinski definition) is 1. The highest BCUT2D eigenvalue weighted by Crippen LogP contribution is 2.24. The van der Waals surface area contributed by atoms with Gasteiger partial charge < -0.3 is 4.90 Å². The van der Waals surface area contributed by atoms with Crippen LogP contribution in [0.3, 0.4) is 0 Å². The summed E-state index contributed by atoms with van der Waals surface area (Å²) < 4.78 is 0. The zero-order valence-electron chi connectivity index (χ0n) is 13.1. The van der Waals surface area contributed by atoms with Crippen LogP contribution in [-0.4, -0.2) is 20.2 Å². The molecule has 2 aromatic carbocycles. The van der Waals surface area contributed by atoms with Gasteiger partial charge in [0.05, 0.1) is 11.6 Å². The van der Waals surface area contributed by atoms with Crippen molar-refractivity contribution in [1.29, 1.82) is 0 Å². The van der Waals surface area contributed by atoms with Gasteiger partial charge in [-0.25, -0.2) is 9.97 Å². The lowest BCUT2D eigenvalue weighted by Crippen LogP contribution is -2.23. The van der Waals surface area contributed by atoms with E-state index in [1.54, 1.807) is 12.5 Å². The molecule has 2 aromatic heterocycles. The van der Waals surface area contributed by atoms with E-state index < -0.39 is 0 Å². The molecule has 0 spiro atoms. The Morgan fingerprint density at radius 3 is 2.04 bits per heavy atom. The van der Waals surface area contributed by atoms with E-state index in [9.17, 15) is 0 Å². The third kappa shape index (κ3) is 2.96. The molecule has 0 aliphatic rings. The van der Waals surface area contributed by atoms with Gasteiger partial charge in [0, 0.05) is 13.1 Å². The molecular formula is C19H17N5. The second kappa shape index (κ2) is 6.50. The van der Waals surface area contributed by atoms with E-state index in [2.05, 4.69) is 73.6 Å². The van der Waals surface area contributed by atoms with E-state index in [1.165, 1.54) is 11.1 Å². The van der Waals surface area contributed by atoms with Gasteiger partial charge in [-0.15, -0.1) is 0 Å². The summed E-state index contributed by atoms with van der Waals surface area (Å²) in [4.78, 5) is 11.0. The Kier molecular flexibility index (Phi) is 3.90. The van der Waals surface area contributed by atoms with Gasteiger partial charge in [0.15, 0.2) is 5.65 Å². The highest BCUT2D eigenvalue weighted by Gasteiger charge is 2.14. The highest BCUT2D eigenvalue weighted by molar-refractivity contribution is 5.86. The maximum atomic E-state index is 4.53. The first-order valence-corrected chi connectivity index (χ1v) is 7.87. The molecule has 2 heterocycles. The highest BCUT2D eigenvalue weighted by atomic mass is 15.2. The summed E-state index contributed by atoms with van der Waals surface area (Å²) in [5.74, 6) is 0.890. The zero-order chi connectivity index (χ0) is 16.2. The van der Waals surface area contributed by atoms with Crippen LogP contribution < -0.4 is 4.90 Å². The standard InChI is InChI=1S/C19H17N5/c1-3-7-15(8-4-1)12-24(13-16-9-5-2-6-10-16)19-17-11-22-23-18(17)20-14-21-19/h1-11,14H,12-13H2,(H,20,21,22,23). The van der Waals surface area contributed by atoms with Crippen molar-refractivity contribution in [2.24, 2.45) is 0 Å². The molecular weight excluding hydrogens is 298 g/mol. The van der Waals surface area contributed by atoms with E-state index in [-0.39, 0.29) is 0 Å². The summed E-state index contributed by atoms with van der Waals surface area (Å²) in [6.07, 6.45) is 3.37. The van der Waals surface area contributed by atoms with Crippen molar-refractivity contribution in [3.05, 3.63) is 84.3 Å². The molecule has 0 amide bonds. The molecule has 0 unspecified atom stereocenters. The maximum Gasteiger partial charge on any atom is 0.160 e. The van der Waals surface area contributed by atoms with Gasteiger partial charge in [-0.3, -0.25) is 5.10 Å². The predicted molar refractivity (Wildman–Crippen MR) is 94.5 cm³/mol. The molecule has 5 nitrogen and oxygen atoms in total. The van der Waals surface area contributed by atoms with Crippen LogP contribution >= 0.6 is 0 Å². The number of rotatable bonds is 5. The zero-order valence-corrected chi connectivity index (χ0v) is 13.1. The fraction of sp³-hybridized carbons (Fsp3) is 0.105. The summed E-state index contributed by atoms with van der Waals surface area (Å²) in [5.41, 5.74) is 3.23. The monoisotopic (exact) mass is 315 g/mol. The van der Waals surface area contributed by atoms with Crippen molar-refractivity contribution in [1.82, 2.24) is 20.2 Å². The van der Waals surface area contributed by atoms with Gasteiger partial charge in [-0.05, 0) is 11.1 Å². The number of nitrogens with zero attached hydrogens (tertiary/aromatic N) is 4. The van der Waals surface area contributed by atoms with Crippen LogP contribution in [0.2, 0.25) is 0 Å². The molecule has 0 radical (unpaired) electrons. The van der Waals surface area contributed by atoms with Gasteiger partial charge in [0.25, 0.3) is 0 Å². The fourth-order valence-corrected chi connectivity index (χ4v) is 2.82. The third-order valence-electron chi connectivity index (χ3n) is 3.96. The van der Waals surface area contributed by atoms with Crippen molar-refractivity contribution >= 4 is 16.9 Å². The predicted octanol–water partition coefficient (Wildman–Crippen LogP) is 3.56. The Morgan fingerprint density at radius 1 is 0.792 bits per heavy atom. The lowest BCUT2D eigenvalue weighted by molar-refractivity contribution is 0.786. The molecule has 0 aliphatic heterocycles. The van der Waals surface area contributed by atoms with Crippen LogP contribution in [0.4, 0.5) is 5.82 Å². The van der Waals surface area contributed by atoms with Gasteiger partial charge in [0.1, 0.15) is 12.1 Å². The van der Waals surface area contributed by atoms with Gasteiger partial charge >= 0.3 is 0 Å². The quantitative estimate of drug-likeness (QED) is 0.612. The second-order valence-corrected chi connectivity index (χ2v) is 5.66. The van der Waals surface area contributed by atoms with Crippen LogP contribution in [0.5, 0.6) is 0 Å². The molecule has 0 saturated carbocycles. The summed E-state index contributed by atoms with van der Waals surface area (Å²) in [6, 6.07) is 20.8. The van der Waals surface area contributed by atoms with Crippen LogP contribution in [0, 0.1) is 0 Å². The molecule has 5 heteroatoms. The number of benzene rings is 2. The number of fused-ring (bicyclic) bond motifs is 1. The molecule has 4 rings (SSSR count). The van der Waals surface area contributed by atoms with E-state index in [0.717, 1.165) is 29.9 Å². The first-order chi connectivity index (χ1) is 11.9. The van der Waals surface area contributed by atoms with Gasteiger partial charge in [-0.2, -0.15) is 5.10 Å². The largest absolute Gasteiger partial charge is 0.347 e. The Labute approximate surface area is 140 Å². The molecule has 24 heavy (non-hydrogen) atoms. The molecule has 0 aliphatic carbocycles. The molecule has 118 valence electrons. The van der Waals surface area contributed by atoms with Gasteiger partial charge in [-0.1, -0.05) is 60.7 Å². The SMILES string of the molecule is c1ccc(CN(Cc2ccccc2)c2ncnc3[nH]ncc23)cc1. The van der Waals surface area contributed by atoms with Crippen LogP contribution in [0.1, 0.15) is 11.1 Å². The average Bonchev–Trinajstić information content (AvgIpc) is 3.12. The van der Waals surface area contributed by atoms with Crippen LogP contribution in [0.15, 0.2) is 73.2 Å². The van der Waals surface area contributed by atoms with Crippen LogP contribution in [-0.2, 0) is 13.1 Å². The third-order valence-corrected chi connectivity index (χ3v) is 3.96.